The highest BCUT2D eigenvalue weighted by atomic mass is 16.1. The van der Waals surface area contributed by atoms with E-state index in [9.17, 15) is 4.79 Å². The van der Waals surface area contributed by atoms with Gasteiger partial charge in [0.05, 0.1) is 5.69 Å². The summed E-state index contributed by atoms with van der Waals surface area (Å²) < 4.78 is 0. The summed E-state index contributed by atoms with van der Waals surface area (Å²) in [5, 5.41) is 0. The molecule has 0 aromatic carbocycles. The van der Waals surface area contributed by atoms with Crippen molar-refractivity contribution in [3.05, 3.63) is 29.1 Å². The molecule has 0 bridgehead atoms. The minimum atomic E-state index is 0.670. The smallest absolute Gasteiger partial charge is 0.151 e. The molecule has 0 amide bonds. The molecule has 3 nitrogen and oxygen atoms in total. The van der Waals surface area contributed by atoms with Gasteiger partial charge in [-0.15, -0.1) is 0 Å². The van der Waals surface area contributed by atoms with Crippen molar-refractivity contribution in [1.29, 1.82) is 0 Å². The fraction of sp³-hybridized carbons (Fsp3) is 0.333. The summed E-state index contributed by atoms with van der Waals surface area (Å²) in [4.78, 5) is 16.8. The lowest BCUT2D eigenvalue weighted by Gasteiger charge is -2.02. The third-order valence-electron chi connectivity index (χ3n) is 2.08. The molecule has 1 aromatic rings. The summed E-state index contributed by atoms with van der Waals surface area (Å²) in [6, 6.07) is 1.92. The molecular weight excluding hydrogens is 152 g/mol. The summed E-state index contributed by atoms with van der Waals surface area (Å²) in [5.41, 5.74) is 2.95. The Balaban J connectivity index is 2.41. The number of carbonyl (C=O) groups is 1. The predicted molar refractivity (Wildman–Crippen MR) is 44.8 cm³/mol. The second-order valence-electron chi connectivity index (χ2n) is 3.16. The maximum absolute atomic E-state index is 10.4. The average molecular weight is 162 g/mol. The van der Waals surface area contributed by atoms with Gasteiger partial charge >= 0.3 is 0 Å². The summed E-state index contributed by atoms with van der Waals surface area (Å²) in [6.45, 7) is 1.80. The second-order valence-corrected chi connectivity index (χ2v) is 3.16. The van der Waals surface area contributed by atoms with Crippen molar-refractivity contribution in [3.63, 3.8) is 0 Å². The van der Waals surface area contributed by atoms with Gasteiger partial charge in [-0.2, -0.15) is 0 Å². The van der Waals surface area contributed by atoms with E-state index in [-0.39, 0.29) is 0 Å². The van der Waals surface area contributed by atoms with Crippen molar-refractivity contribution in [1.82, 2.24) is 9.88 Å². The first-order valence-electron chi connectivity index (χ1n) is 3.91. The van der Waals surface area contributed by atoms with Crippen LogP contribution in [0.4, 0.5) is 0 Å². The van der Waals surface area contributed by atoms with Gasteiger partial charge in [0, 0.05) is 24.8 Å². The SMILES string of the molecule is CN1Cc2cc(C=O)cnc2C1. The molecule has 0 aliphatic carbocycles. The zero-order valence-corrected chi connectivity index (χ0v) is 6.95. The van der Waals surface area contributed by atoms with E-state index in [1.165, 1.54) is 5.56 Å². The molecule has 3 heteroatoms. The van der Waals surface area contributed by atoms with Crippen LogP contribution in [0, 0.1) is 0 Å². The second kappa shape index (κ2) is 2.68. The largest absolute Gasteiger partial charge is 0.298 e. The van der Waals surface area contributed by atoms with Gasteiger partial charge in [-0.1, -0.05) is 0 Å². The maximum Gasteiger partial charge on any atom is 0.151 e. The Morgan fingerprint density at radius 1 is 1.58 bits per heavy atom. The van der Waals surface area contributed by atoms with Gasteiger partial charge in [-0.3, -0.25) is 14.7 Å². The first-order chi connectivity index (χ1) is 5.79. The summed E-state index contributed by atoms with van der Waals surface area (Å²) in [5.74, 6) is 0. The van der Waals surface area contributed by atoms with Crippen LogP contribution < -0.4 is 0 Å². The van der Waals surface area contributed by atoms with Crippen LogP contribution in [-0.4, -0.2) is 23.2 Å². The summed E-state index contributed by atoms with van der Waals surface area (Å²) in [6.07, 6.45) is 2.47. The van der Waals surface area contributed by atoms with Crippen LogP contribution in [0.3, 0.4) is 0 Å². The topological polar surface area (TPSA) is 33.2 Å². The molecule has 12 heavy (non-hydrogen) atoms. The van der Waals surface area contributed by atoms with Crippen LogP contribution in [0.25, 0.3) is 0 Å². The Labute approximate surface area is 71.0 Å². The quantitative estimate of drug-likeness (QED) is 0.574. The van der Waals surface area contributed by atoms with Gasteiger partial charge in [0.1, 0.15) is 0 Å². The number of nitrogens with zero attached hydrogens (tertiary/aromatic N) is 2. The van der Waals surface area contributed by atoms with Crippen LogP contribution in [0.15, 0.2) is 12.3 Å². The molecule has 62 valence electrons. The lowest BCUT2D eigenvalue weighted by atomic mass is 10.2. The van der Waals surface area contributed by atoms with Crippen molar-refractivity contribution in [2.75, 3.05) is 7.05 Å². The Morgan fingerprint density at radius 3 is 3.17 bits per heavy atom. The van der Waals surface area contributed by atoms with Gasteiger partial charge in [-0.05, 0) is 18.7 Å². The standard InChI is InChI=1S/C9H10N2O/c1-11-4-8-2-7(6-12)3-10-9(8)5-11/h2-3,6H,4-5H2,1H3. The number of hydrogen-bond donors (Lipinski definition) is 0. The predicted octanol–water partition coefficient (Wildman–Crippen LogP) is 0.840. The Morgan fingerprint density at radius 2 is 2.42 bits per heavy atom. The van der Waals surface area contributed by atoms with E-state index in [1.807, 2.05) is 13.1 Å². The lowest BCUT2D eigenvalue weighted by Crippen LogP contribution is -2.07. The number of aldehydes is 1. The molecule has 0 N–H and O–H groups in total. The van der Waals surface area contributed by atoms with Gasteiger partial charge in [0.25, 0.3) is 0 Å². The zero-order valence-electron chi connectivity index (χ0n) is 6.95. The van der Waals surface area contributed by atoms with E-state index in [0.717, 1.165) is 25.1 Å². The van der Waals surface area contributed by atoms with Crippen molar-refractivity contribution < 1.29 is 4.79 Å². The molecule has 1 aliphatic rings. The molecule has 0 atom stereocenters. The van der Waals surface area contributed by atoms with Crippen LogP contribution >= 0.6 is 0 Å². The van der Waals surface area contributed by atoms with Crippen LogP contribution in [0.1, 0.15) is 21.6 Å². The minimum Gasteiger partial charge on any atom is -0.298 e. The summed E-state index contributed by atoms with van der Waals surface area (Å²) >= 11 is 0. The molecule has 1 aromatic heterocycles. The highest BCUT2D eigenvalue weighted by Crippen LogP contribution is 2.19. The molecule has 0 saturated carbocycles. The van der Waals surface area contributed by atoms with Crippen molar-refractivity contribution in [2.45, 2.75) is 13.1 Å². The number of hydrogen-bond acceptors (Lipinski definition) is 3. The highest BCUT2D eigenvalue weighted by molar-refractivity contribution is 5.74. The first kappa shape index (κ1) is 7.43. The van der Waals surface area contributed by atoms with E-state index in [2.05, 4.69) is 9.88 Å². The summed E-state index contributed by atoms with van der Waals surface area (Å²) in [7, 11) is 2.04. The lowest BCUT2D eigenvalue weighted by molar-refractivity contribution is 0.112. The zero-order chi connectivity index (χ0) is 8.55. The van der Waals surface area contributed by atoms with Crippen LogP contribution in [-0.2, 0) is 13.1 Å². The van der Waals surface area contributed by atoms with Gasteiger partial charge in [-0.25, -0.2) is 0 Å². The highest BCUT2D eigenvalue weighted by Gasteiger charge is 2.16. The number of aromatic nitrogens is 1. The minimum absolute atomic E-state index is 0.670. The molecule has 1 aliphatic heterocycles. The fourth-order valence-corrected chi connectivity index (χ4v) is 1.50. The van der Waals surface area contributed by atoms with E-state index in [1.54, 1.807) is 6.20 Å². The third-order valence-corrected chi connectivity index (χ3v) is 2.08. The molecule has 2 rings (SSSR count). The van der Waals surface area contributed by atoms with E-state index in [4.69, 9.17) is 0 Å². The number of rotatable bonds is 1. The van der Waals surface area contributed by atoms with E-state index < -0.39 is 0 Å². The van der Waals surface area contributed by atoms with Crippen LogP contribution in [0.5, 0.6) is 0 Å². The first-order valence-corrected chi connectivity index (χ1v) is 3.91. The number of carbonyl (C=O) groups excluding carboxylic acids is 1. The maximum atomic E-state index is 10.4. The number of pyridine rings is 1. The number of fused-ring (bicyclic) bond motifs is 1. The fourth-order valence-electron chi connectivity index (χ4n) is 1.50. The van der Waals surface area contributed by atoms with Gasteiger partial charge in [0.2, 0.25) is 0 Å². The van der Waals surface area contributed by atoms with E-state index in [0.29, 0.717) is 5.56 Å². The molecule has 0 fully saturated rings. The molecular formula is C9H10N2O. The van der Waals surface area contributed by atoms with Crippen molar-refractivity contribution >= 4 is 6.29 Å². The van der Waals surface area contributed by atoms with Gasteiger partial charge < -0.3 is 0 Å². The van der Waals surface area contributed by atoms with Crippen molar-refractivity contribution in [3.8, 4) is 0 Å². The molecule has 0 spiro atoms. The normalized spacial score (nSPS) is 16.1. The third kappa shape index (κ3) is 1.12. The molecule has 0 saturated heterocycles. The van der Waals surface area contributed by atoms with Gasteiger partial charge in [0.15, 0.2) is 6.29 Å². The Bertz CT molecular complexity index is 322. The molecule has 2 heterocycles. The van der Waals surface area contributed by atoms with Crippen LogP contribution in [0.2, 0.25) is 0 Å². The molecule has 0 unspecified atom stereocenters. The average Bonchev–Trinajstić information content (AvgIpc) is 2.43. The van der Waals surface area contributed by atoms with E-state index >= 15 is 0 Å². The Hall–Kier alpha value is -1.22. The monoisotopic (exact) mass is 162 g/mol. The molecule has 0 radical (unpaired) electrons. The van der Waals surface area contributed by atoms with Crippen molar-refractivity contribution in [2.24, 2.45) is 0 Å². The Kier molecular flexibility index (Phi) is 1.66.